The molecule has 1 aliphatic rings. The lowest BCUT2D eigenvalue weighted by Crippen LogP contribution is -2.43. The van der Waals surface area contributed by atoms with E-state index in [1.54, 1.807) is 4.68 Å². The molecule has 0 aliphatic carbocycles. The number of aromatic nitrogens is 2. The minimum atomic E-state index is 0.600. The summed E-state index contributed by atoms with van der Waals surface area (Å²) in [5.41, 5.74) is 7.99. The Kier molecular flexibility index (Phi) is 4.30. The fourth-order valence-electron chi connectivity index (χ4n) is 2.73. The highest BCUT2D eigenvalue weighted by molar-refractivity contribution is 6.30. The van der Waals surface area contributed by atoms with Crippen molar-refractivity contribution >= 4 is 11.6 Å². The molecule has 2 unspecified atom stereocenters. The third kappa shape index (κ3) is 2.71. The third-order valence-corrected chi connectivity index (χ3v) is 4.55. The third-order valence-electron chi connectivity index (χ3n) is 4.07. The number of rotatable bonds is 3. The van der Waals surface area contributed by atoms with Gasteiger partial charge in [-0.3, -0.25) is 9.58 Å². The van der Waals surface area contributed by atoms with E-state index in [4.69, 9.17) is 17.3 Å². The van der Waals surface area contributed by atoms with Gasteiger partial charge in [0.2, 0.25) is 0 Å². The van der Waals surface area contributed by atoms with Crippen molar-refractivity contribution in [1.29, 1.82) is 0 Å². The largest absolute Gasteiger partial charge is 0.330 e. The summed E-state index contributed by atoms with van der Waals surface area (Å²) in [7, 11) is 1.89. The molecular weight excluding hydrogens is 248 g/mol. The Balaban J connectivity index is 2.11. The Bertz CT molecular complexity index is 415. The van der Waals surface area contributed by atoms with Crippen LogP contribution in [0.3, 0.4) is 0 Å². The van der Waals surface area contributed by atoms with E-state index in [0.29, 0.717) is 12.0 Å². The second-order valence-electron chi connectivity index (χ2n) is 5.44. The lowest BCUT2D eigenvalue weighted by Gasteiger charge is -2.37. The smallest absolute Gasteiger partial charge is 0.131 e. The van der Waals surface area contributed by atoms with Crippen LogP contribution in [-0.2, 0) is 13.6 Å². The summed E-state index contributed by atoms with van der Waals surface area (Å²) in [5, 5.41) is 5.13. The van der Waals surface area contributed by atoms with Crippen molar-refractivity contribution in [2.24, 2.45) is 18.7 Å². The number of likely N-dealkylation sites (tertiary alicyclic amines) is 1. The molecule has 1 aromatic heterocycles. The molecule has 0 radical (unpaired) electrons. The molecule has 1 saturated heterocycles. The van der Waals surface area contributed by atoms with Gasteiger partial charge in [0.1, 0.15) is 5.15 Å². The van der Waals surface area contributed by atoms with Gasteiger partial charge in [-0.25, -0.2) is 0 Å². The van der Waals surface area contributed by atoms with Crippen LogP contribution in [-0.4, -0.2) is 33.8 Å². The summed E-state index contributed by atoms with van der Waals surface area (Å²) in [6.07, 6.45) is 2.46. The number of nitrogens with two attached hydrogens (primary N) is 1. The molecule has 0 saturated carbocycles. The Labute approximate surface area is 114 Å². The molecule has 1 aromatic rings. The number of halogens is 1. The van der Waals surface area contributed by atoms with Crippen molar-refractivity contribution in [2.75, 3.05) is 13.1 Å². The van der Waals surface area contributed by atoms with Crippen LogP contribution in [0.2, 0.25) is 5.15 Å². The first-order chi connectivity index (χ1) is 8.52. The molecule has 0 bridgehead atoms. The molecule has 5 heteroatoms. The summed E-state index contributed by atoms with van der Waals surface area (Å²) in [6, 6.07) is 0.600. The van der Waals surface area contributed by atoms with E-state index < -0.39 is 0 Å². The second kappa shape index (κ2) is 5.59. The molecule has 0 aromatic carbocycles. The van der Waals surface area contributed by atoms with Gasteiger partial charge in [0, 0.05) is 31.7 Å². The van der Waals surface area contributed by atoms with Gasteiger partial charge in [-0.2, -0.15) is 5.10 Å². The lowest BCUT2D eigenvalue weighted by atomic mass is 9.93. The Morgan fingerprint density at radius 2 is 2.17 bits per heavy atom. The number of piperidine rings is 1. The number of aryl methyl sites for hydroxylation is 2. The van der Waals surface area contributed by atoms with Crippen molar-refractivity contribution in [2.45, 2.75) is 39.3 Å². The van der Waals surface area contributed by atoms with E-state index in [2.05, 4.69) is 16.9 Å². The zero-order chi connectivity index (χ0) is 13.3. The van der Waals surface area contributed by atoms with E-state index in [0.717, 1.165) is 36.0 Å². The molecule has 1 fully saturated rings. The van der Waals surface area contributed by atoms with Gasteiger partial charge in [0.25, 0.3) is 0 Å². The van der Waals surface area contributed by atoms with Gasteiger partial charge < -0.3 is 5.73 Å². The van der Waals surface area contributed by atoms with Gasteiger partial charge in [0.15, 0.2) is 0 Å². The minimum Gasteiger partial charge on any atom is -0.330 e. The average Bonchev–Trinajstić information content (AvgIpc) is 2.58. The molecule has 18 heavy (non-hydrogen) atoms. The van der Waals surface area contributed by atoms with Gasteiger partial charge >= 0.3 is 0 Å². The molecular formula is C13H23ClN4. The van der Waals surface area contributed by atoms with Crippen LogP contribution in [0.5, 0.6) is 0 Å². The number of hydrogen-bond donors (Lipinski definition) is 1. The second-order valence-corrected chi connectivity index (χ2v) is 5.79. The lowest BCUT2D eigenvalue weighted by molar-refractivity contribution is 0.113. The average molecular weight is 271 g/mol. The summed E-state index contributed by atoms with van der Waals surface area (Å²) in [5.74, 6) is 0.622. The number of hydrogen-bond acceptors (Lipinski definition) is 3. The van der Waals surface area contributed by atoms with Crippen LogP contribution in [0.1, 0.15) is 31.0 Å². The van der Waals surface area contributed by atoms with Gasteiger partial charge in [0.05, 0.1) is 5.69 Å². The van der Waals surface area contributed by atoms with Crippen LogP contribution < -0.4 is 5.73 Å². The predicted octanol–water partition coefficient (Wildman–Crippen LogP) is 1.94. The van der Waals surface area contributed by atoms with Gasteiger partial charge in [-0.15, -0.1) is 0 Å². The molecule has 2 atom stereocenters. The molecule has 2 rings (SSSR count). The molecule has 0 amide bonds. The van der Waals surface area contributed by atoms with Gasteiger partial charge in [-0.1, -0.05) is 11.6 Å². The summed E-state index contributed by atoms with van der Waals surface area (Å²) in [4.78, 5) is 2.48. The predicted molar refractivity (Wildman–Crippen MR) is 74.6 cm³/mol. The van der Waals surface area contributed by atoms with Crippen molar-refractivity contribution in [1.82, 2.24) is 14.7 Å². The monoisotopic (exact) mass is 270 g/mol. The molecule has 2 N–H and O–H groups in total. The highest BCUT2D eigenvalue weighted by Crippen LogP contribution is 2.26. The Morgan fingerprint density at radius 1 is 1.44 bits per heavy atom. The maximum Gasteiger partial charge on any atom is 0.131 e. The first kappa shape index (κ1) is 13.8. The number of nitrogens with zero attached hydrogens (tertiary/aromatic N) is 3. The topological polar surface area (TPSA) is 47.1 Å². The SMILES string of the molecule is Cc1nn(C)c(Cl)c1CN1CC(CN)CCC1C. The van der Waals surface area contributed by atoms with Crippen LogP contribution >= 0.6 is 11.6 Å². The first-order valence-electron chi connectivity index (χ1n) is 6.65. The maximum absolute atomic E-state index is 6.30. The standard InChI is InChI=1S/C13H23ClN4/c1-9-4-5-11(6-15)7-18(9)8-12-10(2)16-17(3)13(12)14/h9,11H,4-8,15H2,1-3H3. The van der Waals surface area contributed by atoms with E-state index in [1.165, 1.54) is 12.8 Å². The zero-order valence-electron chi connectivity index (χ0n) is 11.5. The highest BCUT2D eigenvalue weighted by atomic mass is 35.5. The summed E-state index contributed by atoms with van der Waals surface area (Å²) < 4.78 is 1.75. The fourth-order valence-corrected chi connectivity index (χ4v) is 2.97. The normalized spacial score (nSPS) is 25.6. The van der Waals surface area contributed by atoms with E-state index in [1.807, 2.05) is 14.0 Å². The van der Waals surface area contributed by atoms with Crippen LogP contribution in [0.15, 0.2) is 0 Å². The van der Waals surface area contributed by atoms with Crippen LogP contribution in [0.4, 0.5) is 0 Å². The Morgan fingerprint density at radius 3 is 2.72 bits per heavy atom. The zero-order valence-corrected chi connectivity index (χ0v) is 12.2. The van der Waals surface area contributed by atoms with Crippen molar-refractivity contribution in [3.8, 4) is 0 Å². The van der Waals surface area contributed by atoms with Gasteiger partial charge in [-0.05, 0) is 39.2 Å². The first-order valence-corrected chi connectivity index (χ1v) is 7.02. The van der Waals surface area contributed by atoms with E-state index >= 15 is 0 Å². The van der Waals surface area contributed by atoms with Crippen LogP contribution in [0.25, 0.3) is 0 Å². The quantitative estimate of drug-likeness (QED) is 0.913. The molecule has 102 valence electrons. The van der Waals surface area contributed by atoms with Crippen molar-refractivity contribution in [3.05, 3.63) is 16.4 Å². The van der Waals surface area contributed by atoms with Crippen molar-refractivity contribution in [3.63, 3.8) is 0 Å². The van der Waals surface area contributed by atoms with E-state index in [-0.39, 0.29) is 0 Å². The summed E-state index contributed by atoms with van der Waals surface area (Å²) >= 11 is 6.30. The molecule has 0 spiro atoms. The molecule has 1 aliphatic heterocycles. The van der Waals surface area contributed by atoms with E-state index in [9.17, 15) is 0 Å². The highest BCUT2D eigenvalue weighted by Gasteiger charge is 2.26. The Hall–Kier alpha value is -0.580. The summed E-state index contributed by atoms with van der Waals surface area (Å²) in [6.45, 7) is 7.05. The van der Waals surface area contributed by atoms with Crippen molar-refractivity contribution < 1.29 is 0 Å². The maximum atomic E-state index is 6.30. The molecule has 2 heterocycles. The molecule has 4 nitrogen and oxygen atoms in total. The van der Waals surface area contributed by atoms with Crippen LogP contribution in [0, 0.1) is 12.8 Å². The minimum absolute atomic E-state index is 0.600. The fraction of sp³-hybridized carbons (Fsp3) is 0.769.